The van der Waals surface area contributed by atoms with Gasteiger partial charge in [-0.2, -0.15) is 0 Å². The van der Waals surface area contributed by atoms with Crippen LogP contribution in [0, 0.1) is 0 Å². The van der Waals surface area contributed by atoms with E-state index >= 15 is 0 Å². The molecule has 0 spiro atoms. The van der Waals surface area contributed by atoms with Crippen LogP contribution in [-0.2, 0) is 6.42 Å². The molecule has 3 aromatic rings. The van der Waals surface area contributed by atoms with Crippen molar-refractivity contribution in [2.75, 3.05) is 31.3 Å². The molecule has 0 aliphatic heterocycles. The van der Waals surface area contributed by atoms with Gasteiger partial charge in [-0.3, -0.25) is 14.4 Å². The Morgan fingerprint density at radius 1 is 0.933 bits per heavy atom. The number of hydrogen-bond donors (Lipinski definition) is 3. The molecule has 30 heavy (non-hydrogen) atoms. The zero-order valence-corrected chi connectivity index (χ0v) is 17.7. The highest BCUT2D eigenvalue weighted by atomic mass is 16.3. The minimum absolute atomic E-state index is 0.0859. The Labute approximate surface area is 175 Å². The van der Waals surface area contributed by atoms with E-state index in [0.717, 1.165) is 5.56 Å². The van der Waals surface area contributed by atoms with Gasteiger partial charge in [0.2, 0.25) is 0 Å². The van der Waals surface area contributed by atoms with Crippen LogP contribution < -0.4 is 21.5 Å². The summed E-state index contributed by atoms with van der Waals surface area (Å²) < 4.78 is 0. The van der Waals surface area contributed by atoms with Crippen molar-refractivity contribution in [3.05, 3.63) is 80.1 Å². The average Bonchev–Trinajstić information content (AvgIpc) is 2.77. The van der Waals surface area contributed by atoms with Crippen LogP contribution in [0.2, 0.25) is 0 Å². The first-order valence-electron chi connectivity index (χ1n) is 9.82. The molecule has 0 aliphatic carbocycles. The van der Waals surface area contributed by atoms with Gasteiger partial charge >= 0.3 is 0 Å². The molecule has 0 saturated carbocycles. The molecule has 0 radical (unpaired) electrons. The van der Waals surface area contributed by atoms with Gasteiger partial charge in [-0.25, -0.2) is 0 Å². The number of carbonyl (C=O) groups is 1. The summed E-state index contributed by atoms with van der Waals surface area (Å²) in [5, 5.41) is 16.2. The van der Waals surface area contributed by atoms with Gasteiger partial charge in [-0.15, -0.1) is 0 Å². The monoisotopic (exact) mass is 409 g/mol. The lowest BCUT2D eigenvalue weighted by molar-refractivity contribution is 0.0824. The largest absolute Gasteiger partial charge is 0.505 e. The van der Waals surface area contributed by atoms with E-state index in [9.17, 15) is 19.5 Å². The highest BCUT2D eigenvalue weighted by Gasteiger charge is 2.23. The summed E-state index contributed by atoms with van der Waals surface area (Å²) in [4.78, 5) is 37.4. The van der Waals surface area contributed by atoms with Crippen LogP contribution in [0.3, 0.4) is 0 Å². The molecule has 3 N–H and O–H groups in total. The third-order valence-corrected chi connectivity index (χ3v) is 4.40. The highest BCUT2D eigenvalue weighted by molar-refractivity contribution is 5.99. The molecule has 158 valence electrons. The number of nitrogens with one attached hydrogen (secondary N) is 2. The molecule has 0 fully saturated rings. The van der Waals surface area contributed by atoms with Crippen LogP contribution in [0.4, 0.5) is 17.1 Å². The Hall–Kier alpha value is -3.61. The van der Waals surface area contributed by atoms with Gasteiger partial charge in [0.1, 0.15) is 11.4 Å². The number of phenols is 1. The highest BCUT2D eigenvalue weighted by Crippen LogP contribution is 2.31. The van der Waals surface area contributed by atoms with E-state index in [0.29, 0.717) is 13.0 Å². The Kier molecular flexibility index (Phi) is 7.75. The molecule has 7 nitrogen and oxygen atoms in total. The van der Waals surface area contributed by atoms with Crippen molar-refractivity contribution < 1.29 is 9.90 Å². The quantitative estimate of drug-likeness (QED) is 0.410. The fraction of sp³-hybridized carbons (Fsp3) is 0.261. The second-order valence-corrected chi connectivity index (χ2v) is 6.60. The normalized spacial score (nSPS) is 10.1. The van der Waals surface area contributed by atoms with Crippen molar-refractivity contribution in [2.24, 2.45) is 0 Å². The van der Waals surface area contributed by atoms with Crippen molar-refractivity contribution in [1.29, 1.82) is 0 Å². The van der Waals surface area contributed by atoms with Crippen LogP contribution in [0.15, 0.2) is 58.1 Å². The summed E-state index contributed by atoms with van der Waals surface area (Å²) in [5.74, 6) is -0.642. The predicted molar refractivity (Wildman–Crippen MR) is 121 cm³/mol. The maximum atomic E-state index is 12.1. The molecule has 0 saturated heterocycles. The van der Waals surface area contributed by atoms with E-state index in [4.69, 9.17) is 0 Å². The average molecular weight is 409 g/mol. The number of para-hydroxylation sites is 1. The van der Waals surface area contributed by atoms with E-state index in [2.05, 4.69) is 10.6 Å². The summed E-state index contributed by atoms with van der Waals surface area (Å²) in [5.41, 5.74) is 0.406. The maximum Gasteiger partial charge on any atom is 0.257 e. The molecule has 3 rings (SSSR count). The fourth-order valence-electron chi connectivity index (χ4n) is 2.85. The minimum atomic E-state index is -0.661. The second kappa shape index (κ2) is 10.2. The number of aromatic hydroxyl groups is 1. The molecular formula is C23H27N3O4. The molecule has 7 heteroatoms. The van der Waals surface area contributed by atoms with Crippen LogP contribution >= 0.6 is 0 Å². The van der Waals surface area contributed by atoms with Crippen molar-refractivity contribution >= 4 is 23.0 Å². The molecule has 0 heterocycles. The van der Waals surface area contributed by atoms with Gasteiger partial charge in [0, 0.05) is 20.6 Å². The predicted octanol–water partition coefficient (Wildman–Crippen LogP) is 3.11. The number of carbonyl (C=O) groups excluding carboxylic acids is 1. The van der Waals surface area contributed by atoms with Crippen molar-refractivity contribution in [3.8, 4) is 5.75 Å². The number of anilines is 3. The Balaban J connectivity index is 0.00000155. The summed E-state index contributed by atoms with van der Waals surface area (Å²) in [7, 11) is 3.15. The SMILES string of the molecule is CC.CN(C)C(=O)c1cccc(Nc2c(NCCc3ccccc3)c(=O)c2=O)c1O. The van der Waals surface area contributed by atoms with Gasteiger partial charge in [-0.05, 0) is 24.1 Å². The lowest BCUT2D eigenvalue weighted by atomic mass is 10.1. The standard InChI is InChI=1S/C21H21N3O4.C2H6/c1-24(2)21(28)14-9-6-10-15(18(14)25)23-17-16(19(26)20(17)27)22-12-11-13-7-4-3-5-8-13;1-2/h3-10,22-23,25H,11-12H2,1-2H3;1-2H3. The van der Waals surface area contributed by atoms with Crippen LogP contribution in [0.25, 0.3) is 0 Å². The van der Waals surface area contributed by atoms with Crippen LogP contribution in [0.5, 0.6) is 5.75 Å². The Bertz CT molecular complexity index is 1070. The topological polar surface area (TPSA) is 98.7 Å². The van der Waals surface area contributed by atoms with Gasteiger partial charge in [-0.1, -0.05) is 50.2 Å². The molecule has 0 bridgehead atoms. The lowest BCUT2D eigenvalue weighted by Gasteiger charge is -2.17. The number of rotatable bonds is 7. The number of hydrogen-bond acceptors (Lipinski definition) is 6. The molecule has 0 aliphatic rings. The number of amides is 1. The lowest BCUT2D eigenvalue weighted by Crippen LogP contribution is -2.37. The molecular weight excluding hydrogens is 382 g/mol. The van der Waals surface area contributed by atoms with E-state index in [1.807, 2.05) is 44.2 Å². The summed E-state index contributed by atoms with van der Waals surface area (Å²) in [6.07, 6.45) is 0.692. The molecule has 0 unspecified atom stereocenters. The third kappa shape index (κ3) is 4.86. The van der Waals surface area contributed by atoms with Gasteiger partial charge in [0.25, 0.3) is 16.8 Å². The molecule has 0 aromatic heterocycles. The number of benzene rings is 2. The number of phenolic OH excluding ortho intramolecular Hbond substituents is 1. The van der Waals surface area contributed by atoms with Gasteiger partial charge in [0.05, 0.1) is 11.3 Å². The van der Waals surface area contributed by atoms with Gasteiger partial charge < -0.3 is 20.6 Å². The third-order valence-electron chi connectivity index (χ3n) is 4.40. The first-order valence-corrected chi connectivity index (χ1v) is 9.82. The van der Waals surface area contributed by atoms with Crippen molar-refractivity contribution in [1.82, 2.24) is 4.90 Å². The van der Waals surface area contributed by atoms with E-state index in [1.54, 1.807) is 20.2 Å². The van der Waals surface area contributed by atoms with E-state index < -0.39 is 10.9 Å². The summed E-state index contributed by atoms with van der Waals surface area (Å²) in [6.45, 7) is 4.48. The first kappa shape index (κ1) is 22.7. The summed E-state index contributed by atoms with van der Waals surface area (Å²) >= 11 is 0. The zero-order chi connectivity index (χ0) is 22.3. The second-order valence-electron chi connectivity index (χ2n) is 6.60. The first-order chi connectivity index (χ1) is 14.4. The van der Waals surface area contributed by atoms with Crippen LogP contribution in [-0.4, -0.2) is 36.6 Å². The van der Waals surface area contributed by atoms with E-state index in [1.165, 1.54) is 17.0 Å². The Morgan fingerprint density at radius 3 is 2.20 bits per heavy atom. The fourth-order valence-corrected chi connectivity index (χ4v) is 2.85. The maximum absolute atomic E-state index is 12.1. The van der Waals surface area contributed by atoms with Crippen LogP contribution in [0.1, 0.15) is 29.8 Å². The summed E-state index contributed by atoms with van der Waals surface area (Å²) in [6, 6.07) is 14.4. The molecule has 3 aromatic carbocycles. The van der Waals surface area contributed by atoms with E-state index in [-0.39, 0.29) is 34.3 Å². The number of nitrogens with zero attached hydrogens (tertiary/aromatic N) is 1. The van der Waals surface area contributed by atoms with Gasteiger partial charge in [0.15, 0.2) is 5.75 Å². The smallest absolute Gasteiger partial charge is 0.257 e. The Morgan fingerprint density at radius 2 is 1.57 bits per heavy atom. The molecule has 1 amide bonds. The zero-order valence-electron chi connectivity index (χ0n) is 17.7. The van der Waals surface area contributed by atoms with Crippen molar-refractivity contribution in [2.45, 2.75) is 20.3 Å². The minimum Gasteiger partial charge on any atom is -0.505 e. The van der Waals surface area contributed by atoms with Crippen molar-refractivity contribution in [3.63, 3.8) is 0 Å². The molecule has 0 atom stereocenters.